The van der Waals surface area contributed by atoms with Gasteiger partial charge in [-0.25, -0.2) is 17.2 Å². The van der Waals surface area contributed by atoms with E-state index in [-0.39, 0.29) is 21.0 Å². The van der Waals surface area contributed by atoms with Crippen LogP contribution >= 0.6 is 23.2 Å². The van der Waals surface area contributed by atoms with Crippen molar-refractivity contribution in [1.82, 2.24) is 3.97 Å². The molecule has 0 bridgehead atoms. The minimum atomic E-state index is -4.06. The van der Waals surface area contributed by atoms with Crippen LogP contribution < -0.4 is 0 Å². The smallest absolute Gasteiger partial charge is 0.337 e. The highest BCUT2D eigenvalue weighted by molar-refractivity contribution is 7.90. The molecule has 3 rings (SSSR count). The zero-order chi connectivity index (χ0) is 16.8. The first-order chi connectivity index (χ1) is 10.8. The van der Waals surface area contributed by atoms with Crippen LogP contribution in [0.5, 0.6) is 0 Å². The third-order valence-corrected chi connectivity index (χ3v) is 5.73. The maximum absolute atomic E-state index is 12.9. The first kappa shape index (κ1) is 15.9. The molecule has 1 N–H and O–H groups in total. The summed E-state index contributed by atoms with van der Waals surface area (Å²) < 4.78 is 26.6. The summed E-state index contributed by atoms with van der Waals surface area (Å²) in [5.74, 6) is -1.21. The average molecular weight is 370 g/mol. The fourth-order valence-electron chi connectivity index (χ4n) is 2.31. The molecule has 3 aromatic rings. The van der Waals surface area contributed by atoms with Crippen molar-refractivity contribution in [2.45, 2.75) is 4.90 Å². The zero-order valence-electron chi connectivity index (χ0n) is 11.4. The highest BCUT2D eigenvalue weighted by atomic mass is 35.5. The summed E-state index contributed by atoms with van der Waals surface area (Å²) in [7, 11) is -4.06. The van der Waals surface area contributed by atoms with Crippen molar-refractivity contribution in [2.24, 2.45) is 0 Å². The van der Waals surface area contributed by atoms with Gasteiger partial charge in [-0.3, -0.25) is 0 Å². The van der Waals surface area contributed by atoms with Gasteiger partial charge in [-0.1, -0.05) is 41.4 Å². The van der Waals surface area contributed by atoms with E-state index in [1.54, 1.807) is 18.2 Å². The summed E-state index contributed by atoms with van der Waals surface area (Å²) in [5.41, 5.74) is 0.158. The van der Waals surface area contributed by atoms with E-state index >= 15 is 0 Å². The predicted molar refractivity (Wildman–Crippen MR) is 87.9 cm³/mol. The second-order valence-corrected chi connectivity index (χ2v) is 7.37. The van der Waals surface area contributed by atoms with Crippen LogP contribution in [0.25, 0.3) is 10.9 Å². The van der Waals surface area contributed by atoms with Gasteiger partial charge < -0.3 is 5.11 Å². The normalized spacial score (nSPS) is 11.7. The quantitative estimate of drug-likeness (QED) is 0.759. The third kappa shape index (κ3) is 2.59. The predicted octanol–water partition coefficient (Wildman–Crippen LogP) is 3.88. The molecular formula is C15H9Cl2NO4S. The molecule has 0 saturated carbocycles. The summed E-state index contributed by atoms with van der Waals surface area (Å²) in [6, 6.07) is 10.4. The van der Waals surface area contributed by atoms with Gasteiger partial charge in [-0.2, -0.15) is 0 Å². The maximum Gasteiger partial charge on any atom is 0.337 e. The Morgan fingerprint density at radius 2 is 1.78 bits per heavy atom. The van der Waals surface area contributed by atoms with E-state index in [9.17, 15) is 18.3 Å². The number of halogens is 2. The number of aromatic carboxylic acids is 1. The van der Waals surface area contributed by atoms with Crippen LogP contribution in [0.3, 0.4) is 0 Å². The first-order valence-electron chi connectivity index (χ1n) is 6.36. The molecule has 0 aliphatic carbocycles. The van der Waals surface area contributed by atoms with Crippen LogP contribution in [0.2, 0.25) is 10.0 Å². The minimum Gasteiger partial charge on any atom is -0.478 e. The van der Waals surface area contributed by atoms with Gasteiger partial charge in [-0.15, -0.1) is 0 Å². The van der Waals surface area contributed by atoms with Gasteiger partial charge >= 0.3 is 5.97 Å². The van der Waals surface area contributed by atoms with Crippen molar-refractivity contribution in [1.29, 1.82) is 0 Å². The summed E-state index contributed by atoms with van der Waals surface area (Å²) in [6.07, 6.45) is 1.08. The molecule has 0 spiro atoms. The number of aromatic nitrogens is 1. The van der Waals surface area contributed by atoms with Crippen LogP contribution in [0.15, 0.2) is 53.6 Å². The molecule has 0 fully saturated rings. The second-order valence-electron chi connectivity index (χ2n) is 4.74. The number of para-hydroxylation sites is 1. The first-order valence-corrected chi connectivity index (χ1v) is 8.56. The zero-order valence-corrected chi connectivity index (χ0v) is 13.7. The van der Waals surface area contributed by atoms with Crippen molar-refractivity contribution >= 4 is 50.1 Å². The molecule has 8 heteroatoms. The number of hydrogen-bond acceptors (Lipinski definition) is 3. The SMILES string of the molecule is O=C(O)c1cn(S(=O)(=O)c2ccc(Cl)cc2Cl)c2ccccc12. The van der Waals surface area contributed by atoms with Crippen molar-refractivity contribution in [3.05, 3.63) is 64.3 Å². The monoisotopic (exact) mass is 369 g/mol. The van der Waals surface area contributed by atoms with Crippen molar-refractivity contribution in [2.75, 3.05) is 0 Å². The summed E-state index contributed by atoms with van der Waals surface area (Å²) in [5, 5.41) is 9.87. The second kappa shape index (κ2) is 5.56. The van der Waals surface area contributed by atoms with Crippen LogP contribution in [-0.2, 0) is 10.0 Å². The minimum absolute atomic E-state index is 0.0350. The van der Waals surface area contributed by atoms with Crippen LogP contribution in [-0.4, -0.2) is 23.5 Å². The van der Waals surface area contributed by atoms with Gasteiger partial charge in [0, 0.05) is 16.6 Å². The molecule has 0 aliphatic rings. The largest absolute Gasteiger partial charge is 0.478 e. The van der Waals surface area contributed by atoms with E-state index < -0.39 is 16.0 Å². The Labute approximate surface area is 141 Å². The van der Waals surface area contributed by atoms with E-state index in [0.717, 1.165) is 10.2 Å². The molecule has 0 amide bonds. The molecule has 0 radical (unpaired) electrons. The van der Waals surface area contributed by atoms with Crippen molar-refractivity contribution in [3.8, 4) is 0 Å². The molecule has 118 valence electrons. The Bertz CT molecular complexity index is 1040. The number of carboxylic acids is 1. The molecule has 0 unspecified atom stereocenters. The van der Waals surface area contributed by atoms with Crippen molar-refractivity contribution < 1.29 is 18.3 Å². The highest BCUT2D eigenvalue weighted by Gasteiger charge is 2.25. The van der Waals surface area contributed by atoms with Gasteiger partial charge in [-0.05, 0) is 24.3 Å². The Balaban J connectivity index is 2.33. The number of hydrogen-bond donors (Lipinski definition) is 1. The highest BCUT2D eigenvalue weighted by Crippen LogP contribution is 2.30. The number of rotatable bonds is 3. The van der Waals surface area contributed by atoms with Crippen LogP contribution in [0, 0.1) is 0 Å². The van der Waals surface area contributed by atoms with E-state index in [1.165, 1.54) is 24.3 Å². The van der Waals surface area contributed by atoms with Gasteiger partial charge in [0.1, 0.15) is 4.90 Å². The molecule has 2 aromatic carbocycles. The van der Waals surface area contributed by atoms with E-state index in [1.807, 2.05) is 0 Å². The molecule has 0 saturated heterocycles. The van der Waals surface area contributed by atoms with E-state index in [0.29, 0.717) is 10.4 Å². The van der Waals surface area contributed by atoms with Gasteiger partial charge in [0.25, 0.3) is 10.0 Å². The topological polar surface area (TPSA) is 76.4 Å². The lowest BCUT2D eigenvalue weighted by Crippen LogP contribution is -2.12. The van der Waals surface area contributed by atoms with Crippen LogP contribution in [0.1, 0.15) is 10.4 Å². The standard InChI is InChI=1S/C15H9Cl2NO4S/c16-9-5-6-14(12(17)7-9)23(21,22)18-8-11(15(19)20)10-3-1-2-4-13(10)18/h1-8H,(H,19,20). The summed E-state index contributed by atoms with van der Waals surface area (Å²) in [6.45, 7) is 0. The van der Waals surface area contributed by atoms with E-state index in [4.69, 9.17) is 23.2 Å². The Kier molecular flexibility index (Phi) is 3.83. The average Bonchev–Trinajstić information content (AvgIpc) is 2.87. The lowest BCUT2D eigenvalue weighted by atomic mass is 10.2. The lowest BCUT2D eigenvalue weighted by molar-refractivity contribution is 0.0699. The Morgan fingerprint density at radius 1 is 1.09 bits per heavy atom. The van der Waals surface area contributed by atoms with Gasteiger partial charge in [0.2, 0.25) is 0 Å². The Hall–Kier alpha value is -2.02. The number of carbonyl (C=O) groups is 1. The van der Waals surface area contributed by atoms with Crippen LogP contribution in [0.4, 0.5) is 0 Å². The Morgan fingerprint density at radius 3 is 2.43 bits per heavy atom. The van der Waals surface area contributed by atoms with Crippen molar-refractivity contribution in [3.63, 3.8) is 0 Å². The van der Waals surface area contributed by atoms with Gasteiger partial charge in [0.15, 0.2) is 0 Å². The maximum atomic E-state index is 12.9. The van der Waals surface area contributed by atoms with Gasteiger partial charge in [0.05, 0.1) is 16.1 Å². The fraction of sp³-hybridized carbons (Fsp3) is 0. The molecule has 23 heavy (non-hydrogen) atoms. The molecule has 5 nitrogen and oxygen atoms in total. The molecule has 1 heterocycles. The fourth-order valence-corrected chi connectivity index (χ4v) is 4.43. The number of fused-ring (bicyclic) bond motifs is 1. The van der Waals surface area contributed by atoms with E-state index in [2.05, 4.69) is 0 Å². The third-order valence-electron chi connectivity index (χ3n) is 3.34. The lowest BCUT2D eigenvalue weighted by Gasteiger charge is -2.09. The molecule has 0 aliphatic heterocycles. The summed E-state index contributed by atoms with van der Waals surface area (Å²) in [4.78, 5) is 11.2. The molecular weight excluding hydrogens is 361 g/mol. The number of benzene rings is 2. The number of carboxylic acid groups (broad SMARTS) is 1. The molecule has 1 aromatic heterocycles. The molecule has 0 atom stereocenters. The number of nitrogens with zero attached hydrogens (tertiary/aromatic N) is 1. The summed E-state index contributed by atoms with van der Waals surface area (Å²) >= 11 is 11.8.